The summed E-state index contributed by atoms with van der Waals surface area (Å²) in [6.07, 6.45) is 1.72. The third-order valence-electron chi connectivity index (χ3n) is 4.20. The lowest BCUT2D eigenvalue weighted by molar-refractivity contribution is 0.0951. The summed E-state index contributed by atoms with van der Waals surface area (Å²) in [7, 11) is 1.63. The van der Waals surface area contributed by atoms with E-state index in [1.54, 1.807) is 31.5 Å². The minimum atomic E-state index is -0.173. The van der Waals surface area contributed by atoms with Crippen LogP contribution in [0.3, 0.4) is 0 Å². The molecule has 0 aliphatic rings. The van der Waals surface area contributed by atoms with E-state index in [1.165, 1.54) is 16.1 Å². The van der Waals surface area contributed by atoms with E-state index >= 15 is 0 Å². The zero-order valence-corrected chi connectivity index (χ0v) is 16.5. The number of benzene rings is 2. The fourth-order valence-electron chi connectivity index (χ4n) is 2.72. The Morgan fingerprint density at radius 1 is 1.21 bits per heavy atom. The molecule has 1 N–H and O–H groups in total. The Kier molecular flexibility index (Phi) is 5.57. The van der Waals surface area contributed by atoms with Crippen LogP contribution in [0.15, 0.2) is 60.1 Å². The van der Waals surface area contributed by atoms with Gasteiger partial charge >= 0.3 is 0 Å². The van der Waals surface area contributed by atoms with Gasteiger partial charge in [0.2, 0.25) is 5.82 Å². The quantitative estimate of drug-likeness (QED) is 0.507. The van der Waals surface area contributed by atoms with Crippen molar-refractivity contribution in [2.75, 3.05) is 7.11 Å². The average molecular weight is 406 g/mol. The Hall–Kier alpha value is -3.59. The average Bonchev–Trinajstić information content (AvgIpc) is 3.45. The molecule has 1 amide bonds. The minimum Gasteiger partial charge on any atom is -0.497 e. The summed E-state index contributed by atoms with van der Waals surface area (Å²) in [6.45, 7) is 0.891. The maximum atomic E-state index is 12.4. The molecule has 0 radical (unpaired) electrons. The Morgan fingerprint density at radius 2 is 2.07 bits per heavy atom. The van der Waals surface area contributed by atoms with Crippen LogP contribution in [0.2, 0.25) is 0 Å². The molecule has 4 rings (SSSR count). The van der Waals surface area contributed by atoms with E-state index in [-0.39, 0.29) is 5.91 Å². The van der Waals surface area contributed by atoms with E-state index in [1.807, 2.05) is 35.7 Å². The number of carbonyl (C=O) groups excluding carboxylic acids is 1. The highest BCUT2D eigenvalue weighted by molar-refractivity contribution is 7.09. The van der Waals surface area contributed by atoms with Gasteiger partial charge in [-0.05, 0) is 35.0 Å². The second-order valence-corrected chi connectivity index (χ2v) is 7.16. The number of hydrogen-bond acceptors (Lipinski definition) is 7. The molecule has 2 aromatic carbocycles. The smallest absolute Gasteiger partial charge is 0.251 e. The summed E-state index contributed by atoms with van der Waals surface area (Å²) in [5.74, 6) is 1.09. The molecule has 0 fully saturated rings. The number of hydrogen-bond donors (Lipinski definition) is 1. The molecule has 0 aliphatic heterocycles. The highest BCUT2D eigenvalue weighted by Crippen LogP contribution is 2.17. The first-order chi connectivity index (χ1) is 14.2. The first-order valence-electron chi connectivity index (χ1n) is 8.89. The summed E-state index contributed by atoms with van der Waals surface area (Å²) in [4.78, 5) is 18.1. The third-order valence-corrected chi connectivity index (χ3v) is 4.98. The third kappa shape index (κ3) is 4.64. The van der Waals surface area contributed by atoms with Gasteiger partial charge in [0, 0.05) is 22.7 Å². The molecule has 0 aliphatic carbocycles. The molecule has 0 atom stereocenters. The van der Waals surface area contributed by atoms with Crippen LogP contribution in [0.4, 0.5) is 0 Å². The van der Waals surface area contributed by atoms with E-state index in [0.717, 1.165) is 21.9 Å². The van der Waals surface area contributed by atoms with Crippen LogP contribution in [0.25, 0.3) is 11.4 Å². The van der Waals surface area contributed by atoms with Crippen LogP contribution < -0.4 is 10.1 Å². The zero-order valence-electron chi connectivity index (χ0n) is 15.6. The Morgan fingerprint density at radius 3 is 2.83 bits per heavy atom. The van der Waals surface area contributed by atoms with Gasteiger partial charge in [-0.3, -0.25) is 4.79 Å². The van der Waals surface area contributed by atoms with E-state index in [4.69, 9.17) is 4.74 Å². The van der Waals surface area contributed by atoms with Gasteiger partial charge < -0.3 is 10.1 Å². The lowest BCUT2D eigenvalue weighted by Crippen LogP contribution is -2.22. The highest BCUT2D eigenvalue weighted by Gasteiger charge is 2.11. The number of methoxy groups -OCH3 is 1. The van der Waals surface area contributed by atoms with E-state index < -0.39 is 0 Å². The van der Waals surface area contributed by atoms with Crippen molar-refractivity contribution in [1.82, 2.24) is 30.5 Å². The molecular weight excluding hydrogens is 388 g/mol. The van der Waals surface area contributed by atoms with Crippen molar-refractivity contribution < 1.29 is 9.53 Å². The van der Waals surface area contributed by atoms with Crippen LogP contribution in [0.5, 0.6) is 5.75 Å². The maximum absolute atomic E-state index is 12.4. The molecule has 4 aromatic rings. The van der Waals surface area contributed by atoms with Gasteiger partial charge in [0.05, 0.1) is 20.2 Å². The van der Waals surface area contributed by atoms with Crippen molar-refractivity contribution >= 4 is 17.2 Å². The lowest BCUT2D eigenvalue weighted by Gasteiger charge is -2.04. The molecule has 0 unspecified atom stereocenters. The second kappa shape index (κ2) is 8.61. The van der Waals surface area contributed by atoms with Crippen LogP contribution in [0, 0.1) is 0 Å². The van der Waals surface area contributed by atoms with Crippen molar-refractivity contribution in [3.63, 3.8) is 0 Å². The molecule has 29 heavy (non-hydrogen) atoms. The van der Waals surface area contributed by atoms with Crippen LogP contribution in [-0.2, 0) is 13.1 Å². The molecule has 0 spiro atoms. The summed E-state index contributed by atoms with van der Waals surface area (Å²) in [5.41, 5.74) is 2.29. The Balaban J connectivity index is 1.44. The molecular formula is C20H18N6O2S. The molecule has 146 valence electrons. The van der Waals surface area contributed by atoms with Crippen molar-refractivity contribution in [3.8, 4) is 17.1 Å². The molecule has 8 nitrogen and oxygen atoms in total. The molecule has 9 heteroatoms. The first kappa shape index (κ1) is 18.8. The maximum Gasteiger partial charge on any atom is 0.251 e. The van der Waals surface area contributed by atoms with Gasteiger partial charge in [0.15, 0.2) is 0 Å². The summed E-state index contributed by atoms with van der Waals surface area (Å²) in [5, 5.41) is 18.3. The van der Waals surface area contributed by atoms with Crippen LogP contribution >= 0.6 is 11.3 Å². The van der Waals surface area contributed by atoms with Gasteiger partial charge in [-0.1, -0.05) is 24.3 Å². The van der Waals surface area contributed by atoms with Gasteiger partial charge in [-0.15, -0.1) is 21.5 Å². The van der Waals surface area contributed by atoms with E-state index in [2.05, 4.69) is 25.7 Å². The van der Waals surface area contributed by atoms with Gasteiger partial charge in [0.25, 0.3) is 5.91 Å². The largest absolute Gasteiger partial charge is 0.497 e. The molecule has 0 saturated heterocycles. The number of nitrogens with one attached hydrogen (secondary N) is 1. The summed E-state index contributed by atoms with van der Waals surface area (Å²) in [6, 6.07) is 14.9. The van der Waals surface area contributed by atoms with Crippen molar-refractivity contribution in [2.45, 2.75) is 13.1 Å². The van der Waals surface area contributed by atoms with E-state index in [0.29, 0.717) is 24.5 Å². The van der Waals surface area contributed by atoms with Crippen molar-refractivity contribution in [3.05, 3.63) is 76.2 Å². The Labute approximate surface area is 171 Å². The molecule has 0 bridgehead atoms. The number of carbonyl (C=O) groups is 1. The predicted molar refractivity (Wildman–Crippen MR) is 109 cm³/mol. The molecule has 0 saturated carbocycles. The van der Waals surface area contributed by atoms with Gasteiger partial charge in [-0.2, -0.15) is 4.80 Å². The van der Waals surface area contributed by atoms with Crippen LogP contribution in [-0.4, -0.2) is 38.2 Å². The number of nitrogens with zero attached hydrogens (tertiary/aromatic N) is 5. The van der Waals surface area contributed by atoms with Gasteiger partial charge in [-0.25, -0.2) is 4.98 Å². The van der Waals surface area contributed by atoms with Crippen molar-refractivity contribution in [2.24, 2.45) is 0 Å². The monoisotopic (exact) mass is 406 g/mol. The van der Waals surface area contributed by atoms with Gasteiger partial charge in [0.1, 0.15) is 10.8 Å². The van der Waals surface area contributed by atoms with Crippen molar-refractivity contribution in [1.29, 1.82) is 0 Å². The number of tetrazole rings is 1. The van der Waals surface area contributed by atoms with E-state index in [9.17, 15) is 4.79 Å². The summed E-state index contributed by atoms with van der Waals surface area (Å²) >= 11 is 1.50. The number of rotatable bonds is 7. The SMILES string of the molecule is COc1ccc(Cn2nnc(-c3cccc(C(=O)NCc4nccs4)c3)n2)cc1. The second-order valence-electron chi connectivity index (χ2n) is 6.18. The number of amides is 1. The zero-order chi connectivity index (χ0) is 20.1. The predicted octanol–water partition coefficient (Wildman–Crippen LogP) is 2.78. The lowest BCUT2D eigenvalue weighted by atomic mass is 10.1. The number of thiazole rings is 1. The topological polar surface area (TPSA) is 94.8 Å². The van der Waals surface area contributed by atoms with Crippen LogP contribution in [0.1, 0.15) is 20.9 Å². The minimum absolute atomic E-state index is 0.173. The fourth-order valence-corrected chi connectivity index (χ4v) is 3.27. The normalized spacial score (nSPS) is 10.7. The molecule has 2 heterocycles. The number of aromatic nitrogens is 5. The number of ether oxygens (including phenoxy) is 1. The Bertz CT molecular complexity index is 1090. The first-order valence-corrected chi connectivity index (χ1v) is 9.77. The molecule has 2 aromatic heterocycles. The summed E-state index contributed by atoms with van der Waals surface area (Å²) < 4.78 is 5.16. The standard InChI is InChI=1S/C20H18N6O2S/c1-28-17-7-5-14(6-8-17)13-26-24-19(23-25-26)15-3-2-4-16(11-15)20(27)22-12-18-21-9-10-29-18/h2-11H,12-13H2,1H3,(H,22,27). The fraction of sp³-hybridized carbons (Fsp3) is 0.150. The highest BCUT2D eigenvalue weighted by atomic mass is 32.1.